The topological polar surface area (TPSA) is 35.2 Å². The van der Waals surface area contributed by atoms with Gasteiger partial charge >= 0.3 is 0 Å². The number of halogens is 1. The van der Waals surface area contributed by atoms with Crippen LogP contribution in [-0.2, 0) is 7.05 Å². The first-order valence-corrected chi connectivity index (χ1v) is 8.90. The maximum absolute atomic E-state index is 5.71. The van der Waals surface area contributed by atoms with Gasteiger partial charge in [-0.15, -0.1) is 11.3 Å². The first-order chi connectivity index (χ1) is 11.7. The zero-order valence-electron chi connectivity index (χ0n) is 14.5. The lowest BCUT2D eigenvalue weighted by molar-refractivity contribution is -0.671. The number of hydrogen-bond acceptors (Lipinski definition) is 4. The Morgan fingerprint density at radius 2 is 1.64 bits per heavy atom. The summed E-state index contributed by atoms with van der Waals surface area (Å²) in [6, 6.07) is 10.1. The molecule has 0 spiro atoms. The zero-order valence-corrected chi connectivity index (χ0v) is 17.5. The summed E-state index contributed by atoms with van der Waals surface area (Å²) in [6.45, 7) is 5.16. The molecule has 0 aliphatic heterocycles. The molecule has 4 nitrogen and oxygen atoms in total. The van der Waals surface area contributed by atoms with Crippen molar-refractivity contribution in [1.82, 2.24) is 4.98 Å². The lowest BCUT2D eigenvalue weighted by Gasteiger charge is -2.11. The van der Waals surface area contributed by atoms with E-state index in [1.54, 1.807) is 11.3 Å². The van der Waals surface area contributed by atoms with Gasteiger partial charge in [0.1, 0.15) is 12.1 Å². The maximum Gasteiger partial charge on any atom is 0.169 e. The minimum Gasteiger partial charge on any atom is -1.00 e. The van der Waals surface area contributed by atoms with E-state index < -0.39 is 0 Å². The summed E-state index contributed by atoms with van der Waals surface area (Å²) in [4.78, 5) is 4.77. The highest BCUT2D eigenvalue weighted by Gasteiger charge is 2.11. The summed E-state index contributed by atoms with van der Waals surface area (Å²) in [5.74, 6) is 1.54. The Bertz CT molecular complexity index is 819. The Kier molecular flexibility index (Phi) is 7.19. The number of hydrogen-bond donors (Lipinski definition) is 0. The van der Waals surface area contributed by atoms with Crippen LogP contribution in [0.3, 0.4) is 0 Å². The molecule has 132 valence electrons. The lowest BCUT2D eigenvalue weighted by Crippen LogP contribution is -3.00. The van der Waals surface area contributed by atoms with Crippen LogP contribution in [0.2, 0.25) is 0 Å². The maximum atomic E-state index is 5.71. The molecule has 0 saturated carbocycles. The summed E-state index contributed by atoms with van der Waals surface area (Å²) in [7, 11) is 2.01. The molecule has 0 bridgehead atoms. The molecule has 0 radical (unpaired) electrons. The van der Waals surface area contributed by atoms with Crippen molar-refractivity contribution in [3.05, 3.63) is 48.1 Å². The van der Waals surface area contributed by atoms with E-state index in [0.717, 1.165) is 33.3 Å². The molecule has 0 aliphatic rings. The van der Waals surface area contributed by atoms with Crippen LogP contribution >= 0.6 is 11.3 Å². The van der Waals surface area contributed by atoms with Crippen LogP contribution in [0.15, 0.2) is 48.1 Å². The number of aromatic nitrogens is 2. The smallest absolute Gasteiger partial charge is 0.169 e. The molecule has 25 heavy (non-hydrogen) atoms. The van der Waals surface area contributed by atoms with Gasteiger partial charge in [0, 0.05) is 28.6 Å². The first kappa shape index (κ1) is 19.7. The molecule has 0 fully saturated rings. The van der Waals surface area contributed by atoms with Gasteiger partial charge in [-0.1, -0.05) is 0 Å². The van der Waals surface area contributed by atoms with Crippen LogP contribution in [-0.4, -0.2) is 18.2 Å². The number of nitrogens with zero attached hydrogens (tertiary/aromatic N) is 2. The fraction of sp³-hybridized carbons (Fsp3) is 0.263. The van der Waals surface area contributed by atoms with Crippen LogP contribution < -0.4 is 38.0 Å². The van der Waals surface area contributed by atoms with Crippen molar-refractivity contribution in [2.24, 2.45) is 7.05 Å². The van der Waals surface area contributed by atoms with Crippen molar-refractivity contribution in [2.75, 3.05) is 13.2 Å². The average Bonchev–Trinajstić information content (AvgIpc) is 3.07. The summed E-state index contributed by atoms with van der Waals surface area (Å²) in [6.07, 6.45) is 4.05. The summed E-state index contributed by atoms with van der Waals surface area (Å²) < 4.78 is 13.3. The van der Waals surface area contributed by atoms with E-state index in [2.05, 4.69) is 17.5 Å². The molecule has 0 unspecified atom stereocenters. The predicted molar refractivity (Wildman–Crippen MR) is 96.5 cm³/mol. The molecule has 3 aromatic rings. The highest BCUT2D eigenvalue weighted by molar-refractivity contribution is 7.13. The van der Waals surface area contributed by atoms with Crippen molar-refractivity contribution >= 4 is 11.3 Å². The Morgan fingerprint density at radius 1 is 0.960 bits per heavy atom. The number of ether oxygens (including phenoxy) is 2. The largest absolute Gasteiger partial charge is 1.00 e. The van der Waals surface area contributed by atoms with E-state index in [4.69, 9.17) is 14.5 Å². The van der Waals surface area contributed by atoms with E-state index >= 15 is 0 Å². The molecule has 0 aliphatic carbocycles. The van der Waals surface area contributed by atoms with Crippen LogP contribution in [0.25, 0.3) is 21.8 Å². The van der Waals surface area contributed by atoms with Gasteiger partial charge in [-0.25, -0.2) is 9.55 Å². The standard InChI is InChI=1S/C19H21N2O2S.HI/c1-4-22-17-7-6-15(12-18(17)23-5-2)19-20-16(13-24-19)14-8-10-21(3)11-9-14;/h6-13H,4-5H2,1-3H3;1H/q+1;/p-1. The highest BCUT2D eigenvalue weighted by Crippen LogP contribution is 2.35. The number of benzene rings is 1. The minimum absolute atomic E-state index is 0. The van der Waals surface area contributed by atoms with Gasteiger partial charge in [0.2, 0.25) is 0 Å². The monoisotopic (exact) mass is 468 g/mol. The van der Waals surface area contributed by atoms with Crippen molar-refractivity contribution in [1.29, 1.82) is 0 Å². The van der Waals surface area contributed by atoms with E-state index in [1.807, 2.05) is 56.1 Å². The summed E-state index contributed by atoms with van der Waals surface area (Å²) in [5.41, 5.74) is 3.15. The van der Waals surface area contributed by atoms with Crippen molar-refractivity contribution in [3.8, 4) is 33.3 Å². The second-order valence-corrected chi connectivity index (χ2v) is 6.18. The third kappa shape index (κ3) is 4.70. The van der Waals surface area contributed by atoms with Gasteiger partial charge in [0.15, 0.2) is 23.9 Å². The predicted octanol–water partition coefficient (Wildman–Crippen LogP) is 1.10. The van der Waals surface area contributed by atoms with Gasteiger partial charge in [0.05, 0.1) is 18.9 Å². The Balaban J connectivity index is 0.00000225. The molecule has 0 atom stereocenters. The molecule has 2 aromatic heterocycles. The molecule has 1 aromatic carbocycles. The van der Waals surface area contributed by atoms with E-state index in [-0.39, 0.29) is 24.0 Å². The number of aryl methyl sites for hydroxylation is 1. The van der Waals surface area contributed by atoms with Crippen LogP contribution in [0.4, 0.5) is 0 Å². The van der Waals surface area contributed by atoms with Gasteiger partial charge in [-0.05, 0) is 32.0 Å². The quantitative estimate of drug-likeness (QED) is 0.402. The normalized spacial score (nSPS) is 10.2. The molecular formula is C19H21IN2O2S. The lowest BCUT2D eigenvalue weighted by atomic mass is 10.2. The third-order valence-corrected chi connectivity index (χ3v) is 4.46. The Morgan fingerprint density at radius 3 is 2.32 bits per heavy atom. The fourth-order valence-electron chi connectivity index (χ4n) is 2.39. The van der Waals surface area contributed by atoms with Crippen molar-refractivity contribution < 1.29 is 38.0 Å². The number of thiazole rings is 1. The summed E-state index contributed by atoms with van der Waals surface area (Å²) >= 11 is 1.63. The second kappa shape index (κ2) is 9.15. The van der Waals surface area contributed by atoms with E-state index in [9.17, 15) is 0 Å². The average molecular weight is 468 g/mol. The SMILES string of the molecule is CCOc1ccc(-c2nc(-c3cc[n+](C)cc3)cs2)cc1OCC.[I-]. The Hall–Kier alpha value is -1.67. The third-order valence-electron chi connectivity index (χ3n) is 3.57. The second-order valence-electron chi connectivity index (χ2n) is 5.32. The van der Waals surface area contributed by atoms with Gasteiger partial charge in [0.25, 0.3) is 0 Å². The van der Waals surface area contributed by atoms with Crippen LogP contribution in [0.1, 0.15) is 13.8 Å². The van der Waals surface area contributed by atoms with E-state index in [0.29, 0.717) is 13.2 Å². The molecule has 2 heterocycles. The minimum atomic E-state index is 0. The van der Waals surface area contributed by atoms with Crippen LogP contribution in [0, 0.1) is 0 Å². The molecule has 3 rings (SSSR count). The molecule has 6 heteroatoms. The zero-order chi connectivity index (χ0) is 16.9. The van der Waals surface area contributed by atoms with Gasteiger partial charge < -0.3 is 33.5 Å². The Labute approximate surface area is 169 Å². The summed E-state index contributed by atoms with van der Waals surface area (Å²) in [5, 5.41) is 3.06. The molecular weight excluding hydrogens is 447 g/mol. The highest BCUT2D eigenvalue weighted by atomic mass is 127. The molecule has 0 saturated heterocycles. The van der Waals surface area contributed by atoms with Crippen molar-refractivity contribution in [2.45, 2.75) is 13.8 Å². The van der Waals surface area contributed by atoms with Crippen LogP contribution in [0.5, 0.6) is 11.5 Å². The molecule has 0 N–H and O–H groups in total. The fourth-order valence-corrected chi connectivity index (χ4v) is 3.22. The van der Waals surface area contributed by atoms with Crippen molar-refractivity contribution in [3.63, 3.8) is 0 Å². The number of pyridine rings is 1. The van der Waals surface area contributed by atoms with Gasteiger partial charge in [-0.2, -0.15) is 0 Å². The first-order valence-electron chi connectivity index (χ1n) is 8.02. The number of rotatable bonds is 6. The van der Waals surface area contributed by atoms with E-state index in [1.165, 1.54) is 0 Å². The molecule has 0 amide bonds. The van der Waals surface area contributed by atoms with Gasteiger partial charge in [-0.3, -0.25) is 0 Å².